The zero-order valence-electron chi connectivity index (χ0n) is 24.1. The van der Waals surface area contributed by atoms with Gasteiger partial charge < -0.3 is 10.1 Å². The van der Waals surface area contributed by atoms with E-state index < -0.39 is 27.9 Å². The number of hydrogen-bond donors (Lipinski definition) is 2. The van der Waals surface area contributed by atoms with Gasteiger partial charge in [-0.2, -0.15) is 4.31 Å². The molecule has 40 heavy (non-hydrogen) atoms. The maximum atomic E-state index is 13.3. The highest BCUT2D eigenvalue weighted by molar-refractivity contribution is 7.89. The molecular formula is C28H40N4O6S2. The van der Waals surface area contributed by atoms with E-state index in [-0.39, 0.29) is 34.5 Å². The molecule has 2 heterocycles. The number of rotatable bonds is 11. The van der Waals surface area contributed by atoms with E-state index in [1.165, 1.54) is 39.9 Å². The van der Waals surface area contributed by atoms with Crippen molar-refractivity contribution < 1.29 is 27.5 Å². The average molecular weight is 593 g/mol. The molecule has 0 aliphatic carbocycles. The number of nitrogens with zero attached hydrogens (tertiary/aromatic N) is 2. The molecule has 220 valence electrons. The Hall–Kier alpha value is -2.80. The molecule has 1 aliphatic heterocycles. The van der Waals surface area contributed by atoms with Crippen molar-refractivity contribution in [1.82, 2.24) is 14.5 Å². The van der Waals surface area contributed by atoms with Crippen LogP contribution < -0.4 is 10.6 Å². The zero-order valence-corrected chi connectivity index (χ0v) is 25.7. The number of amides is 3. The Balaban J connectivity index is 1.87. The number of nitrogens with one attached hydrogen (secondary N) is 2. The van der Waals surface area contributed by atoms with Gasteiger partial charge in [0.25, 0.3) is 11.8 Å². The van der Waals surface area contributed by atoms with E-state index >= 15 is 0 Å². The van der Waals surface area contributed by atoms with Gasteiger partial charge in [-0.1, -0.05) is 34.6 Å². The van der Waals surface area contributed by atoms with Gasteiger partial charge in [0, 0.05) is 36.6 Å². The van der Waals surface area contributed by atoms with Crippen LogP contribution in [0.25, 0.3) is 0 Å². The summed E-state index contributed by atoms with van der Waals surface area (Å²) in [4.78, 5) is 41.6. The summed E-state index contributed by atoms with van der Waals surface area (Å²) < 4.78 is 33.0. The maximum absolute atomic E-state index is 13.3. The number of ether oxygens (including phenoxy) is 1. The van der Waals surface area contributed by atoms with Crippen LogP contribution in [-0.2, 0) is 27.7 Å². The molecule has 0 fully saturated rings. The highest BCUT2D eigenvalue weighted by Gasteiger charge is 2.30. The number of likely N-dealkylation sites (N-methyl/N-ethyl adjacent to an activating group) is 1. The van der Waals surface area contributed by atoms with E-state index in [4.69, 9.17) is 4.74 Å². The average Bonchev–Trinajstić information content (AvgIpc) is 3.24. The highest BCUT2D eigenvalue weighted by atomic mass is 32.2. The van der Waals surface area contributed by atoms with Crippen LogP contribution >= 0.6 is 11.3 Å². The first-order chi connectivity index (χ1) is 18.9. The molecule has 0 spiro atoms. The van der Waals surface area contributed by atoms with Crippen molar-refractivity contribution >= 4 is 44.3 Å². The Kier molecular flexibility index (Phi) is 10.9. The van der Waals surface area contributed by atoms with Crippen LogP contribution in [-0.4, -0.2) is 68.3 Å². The van der Waals surface area contributed by atoms with Gasteiger partial charge in [-0.25, -0.2) is 13.2 Å². The third kappa shape index (κ3) is 7.68. The Morgan fingerprint density at radius 1 is 1.02 bits per heavy atom. The van der Waals surface area contributed by atoms with Gasteiger partial charge >= 0.3 is 6.09 Å². The number of fused-ring (bicyclic) bond motifs is 1. The fourth-order valence-corrected chi connectivity index (χ4v) is 7.61. The molecule has 2 N–H and O–H groups in total. The molecule has 0 saturated heterocycles. The maximum Gasteiger partial charge on any atom is 0.414 e. The van der Waals surface area contributed by atoms with Gasteiger partial charge in [0.1, 0.15) is 5.00 Å². The number of benzene rings is 1. The van der Waals surface area contributed by atoms with E-state index in [1.807, 2.05) is 27.7 Å². The molecule has 12 heteroatoms. The lowest BCUT2D eigenvalue weighted by Crippen LogP contribution is -2.37. The molecule has 0 saturated carbocycles. The predicted molar refractivity (Wildman–Crippen MR) is 156 cm³/mol. The second-order valence-corrected chi connectivity index (χ2v) is 13.6. The number of carbonyl (C=O) groups excluding carboxylic acids is 3. The van der Waals surface area contributed by atoms with Crippen molar-refractivity contribution in [1.29, 1.82) is 0 Å². The fraction of sp³-hybridized carbons (Fsp3) is 0.536. The summed E-state index contributed by atoms with van der Waals surface area (Å²) in [7, 11) is -3.73. The van der Waals surface area contributed by atoms with Crippen molar-refractivity contribution in [3.05, 3.63) is 45.8 Å². The lowest BCUT2D eigenvalue weighted by molar-refractivity contribution is 0.0924. The second-order valence-electron chi connectivity index (χ2n) is 10.6. The van der Waals surface area contributed by atoms with Crippen LogP contribution in [0, 0.1) is 11.8 Å². The third-order valence-corrected chi connectivity index (χ3v) is 9.40. The topological polar surface area (TPSA) is 125 Å². The standard InChI is InChI=1S/C28H40N4O6S2/c1-7-31-14-13-22-23(17-31)39-27(24(22)26(34)30-28(35)38-8-2)29-25(33)20-9-11-21(12-10-20)40(36,37)32(15-18(3)4)16-19(5)6/h9-12,18-19H,7-8,13-17H2,1-6H3,(H,29,33)(H,30,34,35). The summed E-state index contributed by atoms with van der Waals surface area (Å²) in [6.07, 6.45) is -0.242. The first-order valence-electron chi connectivity index (χ1n) is 13.6. The van der Waals surface area contributed by atoms with Crippen molar-refractivity contribution in [3.8, 4) is 0 Å². The minimum atomic E-state index is -3.73. The number of thiophene rings is 1. The van der Waals surface area contributed by atoms with Crippen molar-refractivity contribution in [3.63, 3.8) is 0 Å². The van der Waals surface area contributed by atoms with Crippen LogP contribution in [0.3, 0.4) is 0 Å². The molecule has 0 bridgehead atoms. The summed E-state index contributed by atoms with van der Waals surface area (Å²) in [5.41, 5.74) is 1.31. The number of imide groups is 1. The Labute approximate surface area is 241 Å². The summed E-state index contributed by atoms with van der Waals surface area (Å²) >= 11 is 1.31. The van der Waals surface area contributed by atoms with Gasteiger partial charge in [0.15, 0.2) is 0 Å². The molecule has 0 radical (unpaired) electrons. The van der Waals surface area contributed by atoms with E-state index in [0.29, 0.717) is 31.1 Å². The number of hydrogen-bond acceptors (Lipinski definition) is 8. The summed E-state index contributed by atoms with van der Waals surface area (Å²) in [6, 6.07) is 5.81. The summed E-state index contributed by atoms with van der Waals surface area (Å²) in [5, 5.41) is 5.41. The van der Waals surface area contributed by atoms with E-state index in [1.54, 1.807) is 6.92 Å². The SMILES string of the molecule is CCOC(=O)NC(=O)c1c(NC(=O)c2ccc(S(=O)(=O)N(CC(C)C)CC(C)C)cc2)sc2c1CCN(CC)C2. The highest BCUT2D eigenvalue weighted by Crippen LogP contribution is 2.37. The van der Waals surface area contributed by atoms with Crippen molar-refractivity contribution in [2.75, 3.05) is 38.1 Å². The van der Waals surface area contributed by atoms with Crippen molar-refractivity contribution in [2.24, 2.45) is 11.8 Å². The van der Waals surface area contributed by atoms with E-state index in [9.17, 15) is 22.8 Å². The van der Waals surface area contributed by atoms with E-state index in [2.05, 4.69) is 22.5 Å². The fourth-order valence-electron chi connectivity index (χ4n) is 4.56. The van der Waals surface area contributed by atoms with Crippen LogP contribution in [0.5, 0.6) is 0 Å². The summed E-state index contributed by atoms with van der Waals surface area (Å²) in [5.74, 6) is -0.793. The largest absolute Gasteiger partial charge is 0.450 e. The number of anilines is 1. The third-order valence-electron chi connectivity index (χ3n) is 6.42. The first-order valence-corrected chi connectivity index (χ1v) is 15.9. The lowest BCUT2D eigenvalue weighted by Gasteiger charge is -2.25. The second kappa shape index (κ2) is 13.7. The molecule has 10 nitrogen and oxygen atoms in total. The molecule has 1 aliphatic rings. The molecule has 0 unspecified atom stereocenters. The Morgan fingerprint density at radius 2 is 1.65 bits per heavy atom. The molecule has 1 aromatic carbocycles. The molecule has 3 rings (SSSR count). The van der Waals surface area contributed by atoms with Crippen LogP contribution in [0.1, 0.15) is 72.7 Å². The molecule has 2 aromatic rings. The van der Waals surface area contributed by atoms with Crippen LogP contribution in [0.2, 0.25) is 0 Å². The smallest absolute Gasteiger partial charge is 0.414 e. The van der Waals surface area contributed by atoms with Gasteiger partial charge in [-0.05, 0) is 61.6 Å². The number of carbonyl (C=O) groups is 3. The Bertz CT molecular complexity index is 1310. The van der Waals surface area contributed by atoms with Crippen LogP contribution in [0.4, 0.5) is 9.80 Å². The van der Waals surface area contributed by atoms with Gasteiger partial charge in [-0.3, -0.25) is 19.8 Å². The van der Waals surface area contributed by atoms with Gasteiger partial charge in [0.05, 0.1) is 17.1 Å². The molecule has 1 aromatic heterocycles. The molecule has 3 amide bonds. The monoisotopic (exact) mass is 592 g/mol. The predicted octanol–water partition coefficient (Wildman–Crippen LogP) is 4.57. The number of sulfonamides is 1. The van der Waals surface area contributed by atoms with Gasteiger partial charge in [-0.15, -0.1) is 11.3 Å². The Morgan fingerprint density at radius 3 is 2.20 bits per heavy atom. The summed E-state index contributed by atoms with van der Waals surface area (Å²) in [6.45, 7) is 14.8. The van der Waals surface area contributed by atoms with Crippen molar-refractivity contribution in [2.45, 2.75) is 59.4 Å². The minimum absolute atomic E-state index is 0.117. The van der Waals surface area contributed by atoms with Gasteiger partial charge in [0.2, 0.25) is 10.0 Å². The molecule has 0 atom stereocenters. The van der Waals surface area contributed by atoms with E-state index in [0.717, 1.165) is 23.5 Å². The number of alkyl carbamates (subject to hydrolysis) is 1. The molecular weight excluding hydrogens is 552 g/mol. The lowest BCUT2D eigenvalue weighted by atomic mass is 10.0. The quantitative estimate of drug-likeness (QED) is 0.392. The zero-order chi connectivity index (χ0) is 29.6. The first kappa shape index (κ1) is 31.7. The minimum Gasteiger partial charge on any atom is -0.450 e. The normalized spacial score (nSPS) is 13.9. The van der Waals surface area contributed by atoms with Crippen LogP contribution in [0.15, 0.2) is 29.2 Å².